The van der Waals surface area contributed by atoms with E-state index in [9.17, 15) is 4.79 Å². The van der Waals surface area contributed by atoms with Gasteiger partial charge >= 0.3 is 0 Å². The van der Waals surface area contributed by atoms with Gasteiger partial charge in [-0.2, -0.15) is 0 Å². The van der Waals surface area contributed by atoms with Crippen molar-refractivity contribution in [2.75, 3.05) is 37.9 Å². The van der Waals surface area contributed by atoms with Gasteiger partial charge < -0.3 is 21.1 Å². The van der Waals surface area contributed by atoms with Crippen LogP contribution in [0.4, 0.5) is 11.5 Å². The summed E-state index contributed by atoms with van der Waals surface area (Å²) in [5.41, 5.74) is 6.14. The van der Waals surface area contributed by atoms with E-state index < -0.39 is 0 Å². The SMILES string of the molecule is COCCNC(=O)CCNc1cc(N)cc(Cl)n1. The minimum Gasteiger partial charge on any atom is -0.399 e. The number of nitrogens with zero attached hydrogens (tertiary/aromatic N) is 1. The Hall–Kier alpha value is -1.53. The van der Waals surface area contributed by atoms with Crippen LogP contribution in [0, 0.1) is 0 Å². The largest absolute Gasteiger partial charge is 0.399 e. The highest BCUT2D eigenvalue weighted by molar-refractivity contribution is 6.29. The fourth-order valence-corrected chi connectivity index (χ4v) is 1.51. The summed E-state index contributed by atoms with van der Waals surface area (Å²) in [5.74, 6) is 0.513. The summed E-state index contributed by atoms with van der Waals surface area (Å²) in [7, 11) is 1.59. The Balaban J connectivity index is 2.26. The summed E-state index contributed by atoms with van der Waals surface area (Å²) >= 11 is 5.75. The Morgan fingerprint density at radius 3 is 2.94 bits per heavy atom. The zero-order valence-electron chi connectivity index (χ0n) is 10.2. The number of ether oxygens (including phenoxy) is 1. The molecular formula is C11H17ClN4O2. The highest BCUT2D eigenvalue weighted by Gasteiger charge is 2.02. The smallest absolute Gasteiger partial charge is 0.221 e. The number of amides is 1. The molecule has 0 radical (unpaired) electrons. The third-order valence-electron chi connectivity index (χ3n) is 2.10. The number of pyridine rings is 1. The van der Waals surface area contributed by atoms with Crippen LogP contribution in [0.2, 0.25) is 5.15 Å². The molecule has 0 unspecified atom stereocenters. The lowest BCUT2D eigenvalue weighted by atomic mass is 10.3. The molecule has 0 bridgehead atoms. The Labute approximate surface area is 111 Å². The standard InChI is InChI=1S/C11H17ClN4O2/c1-18-5-4-15-11(17)2-3-14-10-7-8(13)6-9(12)16-10/h6-7H,2-5H2,1H3,(H,15,17)(H3,13,14,16). The molecule has 6 nitrogen and oxygen atoms in total. The number of nitrogens with two attached hydrogens (primary N) is 1. The molecule has 1 amide bonds. The minimum absolute atomic E-state index is 0.0467. The number of carbonyl (C=O) groups excluding carboxylic acids is 1. The van der Waals surface area contributed by atoms with Gasteiger partial charge in [-0.25, -0.2) is 4.98 Å². The quantitative estimate of drug-likeness (QED) is 0.506. The van der Waals surface area contributed by atoms with Crippen LogP contribution >= 0.6 is 11.6 Å². The predicted octanol–water partition coefficient (Wildman–Crippen LogP) is 0.882. The van der Waals surface area contributed by atoms with Crippen molar-refractivity contribution in [3.63, 3.8) is 0 Å². The summed E-state index contributed by atoms with van der Waals surface area (Å²) in [4.78, 5) is 15.4. The molecule has 1 rings (SSSR count). The maximum atomic E-state index is 11.4. The van der Waals surface area contributed by atoms with Crippen molar-refractivity contribution >= 4 is 29.0 Å². The molecule has 0 saturated heterocycles. The van der Waals surface area contributed by atoms with Gasteiger partial charge in [-0.3, -0.25) is 4.79 Å². The van der Waals surface area contributed by atoms with Crippen molar-refractivity contribution in [1.82, 2.24) is 10.3 Å². The fourth-order valence-electron chi connectivity index (χ4n) is 1.29. The first kappa shape index (κ1) is 14.5. The monoisotopic (exact) mass is 272 g/mol. The van der Waals surface area contributed by atoms with Crippen molar-refractivity contribution in [3.8, 4) is 0 Å². The van der Waals surface area contributed by atoms with Crippen LogP contribution in [0.3, 0.4) is 0 Å². The summed E-state index contributed by atoms with van der Waals surface area (Å²) in [6, 6.07) is 3.22. The topological polar surface area (TPSA) is 89.3 Å². The first-order chi connectivity index (χ1) is 8.61. The zero-order valence-corrected chi connectivity index (χ0v) is 11.0. The van der Waals surface area contributed by atoms with E-state index in [4.69, 9.17) is 22.1 Å². The number of nitrogen functional groups attached to an aromatic ring is 1. The number of anilines is 2. The van der Waals surface area contributed by atoms with Crippen molar-refractivity contribution in [1.29, 1.82) is 0 Å². The Kier molecular flexibility index (Phi) is 6.24. The molecule has 0 atom stereocenters. The fraction of sp³-hybridized carbons (Fsp3) is 0.455. The van der Waals surface area contributed by atoms with Crippen LogP contribution in [0.15, 0.2) is 12.1 Å². The van der Waals surface area contributed by atoms with Crippen LogP contribution in [-0.2, 0) is 9.53 Å². The highest BCUT2D eigenvalue weighted by Crippen LogP contribution is 2.15. The molecule has 1 heterocycles. The summed E-state index contributed by atoms with van der Waals surface area (Å²) in [5, 5.41) is 6.02. The molecule has 18 heavy (non-hydrogen) atoms. The second kappa shape index (κ2) is 7.73. The summed E-state index contributed by atoms with van der Waals surface area (Å²) in [6.07, 6.45) is 0.345. The van der Waals surface area contributed by atoms with Gasteiger partial charge in [-0.15, -0.1) is 0 Å². The molecule has 1 aromatic heterocycles. The molecule has 4 N–H and O–H groups in total. The number of nitrogens with one attached hydrogen (secondary N) is 2. The summed E-state index contributed by atoms with van der Waals surface area (Å²) < 4.78 is 4.82. The number of rotatable bonds is 7. The predicted molar refractivity (Wildman–Crippen MR) is 71.7 cm³/mol. The normalized spacial score (nSPS) is 10.1. The second-order valence-electron chi connectivity index (χ2n) is 3.63. The molecule has 0 saturated carbocycles. The molecule has 0 aliphatic heterocycles. The molecule has 0 aliphatic carbocycles. The van der Waals surface area contributed by atoms with Gasteiger partial charge in [0.1, 0.15) is 11.0 Å². The van der Waals surface area contributed by atoms with E-state index in [1.165, 1.54) is 0 Å². The van der Waals surface area contributed by atoms with Gasteiger partial charge in [0.2, 0.25) is 5.91 Å². The van der Waals surface area contributed by atoms with Gasteiger partial charge in [0.25, 0.3) is 0 Å². The molecule has 0 spiro atoms. The average molecular weight is 273 g/mol. The van der Waals surface area contributed by atoms with Gasteiger partial charge in [0.15, 0.2) is 0 Å². The van der Waals surface area contributed by atoms with Gasteiger partial charge in [-0.05, 0) is 6.07 Å². The average Bonchev–Trinajstić information content (AvgIpc) is 2.28. The van der Waals surface area contributed by atoms with Gasteiger partial charge in [-0.1, -0.05) is 11.6 Å². The van der Waals surface area contributed by atoms with Crippen molar-refractivity contribution < 1.29 is 9.53 Å². The first-order valence-electron chi connectivity index (χ1n) is 5.54. The minimum atomic E-state index is -0.0467. The van der Waals surface area contributed by atoms with Crippen LogP contribution in [-0.4, -0.2) is 37.7 Å². The van der Waals surface area contributed by atoms with Crippen molar-refractivity contribution in [3.05, 3.63) is 17.3 Å². The van der Waals surface area contributed by atoms with Gasteiger partial charge in [0, 0.05) is 38.4 Å². The van der Waals surface area contributed by atoms with Crippen LogP contribution in [0.25, 0.3) is 0 Å². The maximum absolute atomic E-state index is 11.4. The number of halogens is 1. The van der Waals surface area contributed by atoms with E-state index in [1.54, 1.807) is 19.2 Å². The number of aromatic nitrogens is 1. The Morgan fingerprint density at radius 2 is 2.28 bits per heavy atom. The third-order valence-corrected chi connectivity index (χ3v) is 2.30. The third kappa shape index (κ3) is 5.70. The Morgan fingerprint density at radius 1 is 1.50 bits per heavy atom. The van der Waals surface area contributed by atoms with Crippen LogP contribution < -0.4 is 16.4 Å². The van der Waals surface area contributed by atoms with E-state index in [0.717, 1.165) is 0 Å². The number of hydrogen-bond acceptors (Lipinski definition) is 5. The maximum Gasteiger partial charge on any atom is 0.221 e. The van der Waals surface area contributed by atoms with Crippen LogP contribution in [0.1, 0.15) is 6.42 Å². The van der Waals surface area contributed by atoms with Crippen LogP contribution in [0.5, 0.6) is 0 Å². The molecular weight excluding hydrogens is 256 g/mol. The lowest BCUT2D eigenvalue weighted by molar-refractivity contribution is -0.121. The number of carbonyl (C=O) groups is 1. The molecule has 100 valence electrons. The Bertz CT molecular complexity index is 380. The molecule has 0 aromatic carbocycles. The lowest BCUT2D eigenvalue weighted by Gasteiger charge is -2.07. The summed E-state index contributed by atoms with van der Waals surface area (Å²) in [6.45, 7) is 1.48. The zero-order chi connectivity index (χ0) is 13.4. The van der Waals surface area contributed by atoms with Crippen molar-refractivity contribution in [2.24, 2.45) is 0 Å². The first-order valence-corrected chi connectivity index (χ1v) is 5.92. The van der Waals surface area contributed by atoms with Crippen molar-refractivity contribution in [2.45, 2.75) is 6.42 Å². The van der Waals surface area contributed by atoms with E-state index in [1.807, 2.05) is 0 Å². The molecule has 7 heteroatoms. The molecule has 0 aliphatic rings. The second-order valence-corrected chi connectivity index (χ2v) is 4.02. The lowest BCUT2D eigenvalue weighted by Crippen LogP contribution is -2.28. The number of methoxy groups -OCH3 is 1. The highest BCUT2D eigenvalue weighted by atomic mass is 35.5. The van der Waals surface area contributed by atoms with E-state index in [2.05, 4.69) is 15.6 Å². The number of hydrogen-bond donors (Lipinski definition) is 3. The van der Waals surface area contributed by atoms with Gasteiger partial charge in [0.05, 0.1) is 6.61 Å². The van der Waals surface area contributed by atoms with E-state index >= 15 is 0 Å². The van der Waals surface area contributed by atoms with E-state index in [0.29, 0.717) is 42.8 Å². The molecule has 0 fully saturated rings. The van der Waals surface area contributed by atoms with E-state index in [-0.39, 0.29) is 5.91 Å². The molecule has 1 aromatic rings.